The number of carboxylic acids is 1. The summed E-state index contributed by atoms with van der Waals surface area (Å²) in [6.45, 7) is 0. The maximum Gasteiger partial charge on any atom is 0.329 e. The predicted molar refractivity (Wildman–Crippen MR) is 30.5 cm³/mol. The van der Waals surface area contributed by atoms with Crippen LogP contribution in [0.3, 0.4) is 0 Å². The lowest BCUT2D eigenvalue weighted by Gasteiger charge is -2.00. The smallest absolute Gasteiger partial charge is 0.329 e. The van der Waals surface area contributed by atoms with Crippen molar-refractivity contribution in [1.82, 2.24) is 4.90 Å². The maximum absolute atomic E-state index is 9.79. The van der Waals surface area contributed by atoms with Crippen LogP contribution in [0.4, 0.5) is 0 Å². The third-order valence-electron chi connectivity index (χ3n) is 0.515. The lowest BCUT2D eigenvalue weighted by molar-refractivity contribution is -0.131. The normalized spacial score (nSPS) is 9.75. The Balaban J connectivity index is 3.50. The Kier molecular flexibility index (Phi) is 2.69. The van der Waals surface area contributed by atoms with Crippen molar-refractivity contribution in [1.29, 1.82) is 0 Å². The fourth-order valence-electron chi connectivity index (χ4n) is 0.213. The minimum absolute atomic E-state index is 0.918. The van der Waals surface area contributed by atoms with Crippen molar-refractivity contribution in [3.63, 3.8) is 0 Å². The highest BCUT2D eigenvalue weighted by atomic mass is 16.4. The van der Waals surface area contributed by atoms with Gasteiger partial charge >= 0.3 is 5.97 Å². The molecule has 0 spiro atoms. The summed E-state index contributed by atoms with van der Waals surface area (Å²) in [7, 11) is 3.53. The number of nitrogens with zero attached hydrogens (tertiary/aromatic N) is 1. The molecule has 0 aromatic carbocycles. The first-order valence-electron chi connectivity index (χ1n) is 2.20. The molecule has 0 fully saturated rings. The molecular weight excluding hydrogens is 106 g/mol. The molecule has 0 atom stereocenters. The number of hydrogen-bond acceptors (Lipinski definition) is 2. The Bertz CT molecular complexity index is 107. The van der Waals surface area contributed by atoms with Gasteiger partial charge in [-0.1, -0.05) is 0 Å². The van der Waals surface area contributed by atoms with Gasteiger partial charge in [0, 0.05) is 26.4 Å². The van der Waals surface area contributed by atoms with Gasteiger partial charge in [0.1, 0.15) is 0 Å². The van der Waals surface area contributed by atoms with Crippen molar-refractivity contribution >= 4 is 5.97 Å². The largest absolute Gasteiger partial charge is 0.478 e. The van der Waals surface area contributed by atoms with E-state index in [1.54, 1.807) is 19.0 Å². The summed E-state index contributed by atoms with van der Waals surface area (Å²) in [5.74, 6) is -0.918. The fourth-order valence-corrected chi connectivity index (χ4v) is 0.213. The van der Waals surface area contributed by atoms with Crippen LogP contribution in [-0.2, 0) is 4.79 Å². The van der Waals surface area contributed by atoms with E-state index in [9.17, 15) is 4.79 Å². The van der Waals surface area contributed by atoms with Crippen molar-refractivity contribution in [3.05, 3.63) is 12.3 Å². The molecule has 0 radical (unpaired) electrons. The van der Waals surface area contributed by atoms with Crippen LogP contribution in [-0.4, -0.2) is 30.1 Å². The highest BCUT2D eigenvalue weighted by Crippen LogP contribution is 1.75. The monoisotopic (exact) mass is 115 g/mol. The molecule has 3 heteroatoms. The van der Waals surface area contributed by atoms with Crippen LogP contribution in [0.1, 0.15) is 0 Å². The predicted octanol–water partition coefficient (Wildman–Crippen LogP) is 0.146. The third kappa shape index (κ3) is 5.01. The quantitative estimate of drug-likeness (QED) is 0.520. The van der Waals surface area contributed by atoms with Gasteiger partial charge in [-0.2, -0.15) is 0 Å². The lowest BCUT2D eigenvalue weighted by atomic mass is 10.6. The van der Waals surface area contributed by atoms with Crippen LogP contribution in [0, 0.1) is 0 Å². The second-order valence-electron chi connectivity index (χ2n) is 1.62. The van der Waals surface area contributed by atoms with Crippen molar-refractivity contribution in [2.45, 2.75) is 0 Å². The van der Waals surface area contributed by atoms with E-state index in [0.29, 0.717) is 0 Å². The molecule has 0 heterocycles. The van der Waals surface area contributed by atoms with E-state index in [0.717, 1.165) is 6.08 Å². The minimum atomic E-state index is -0.918. The van der Waals surface area contributed by atoms with E-state index in [1.165, 1.54) is 6.20 Å². The van der Waals surface area contributed by atoms with Crippen molar-refractivity contribution in [3.8, 4) is 0 Å². The molecule has 1 N–H and O–H groups in total. The standard InChI is InChI=1S/C5H9NO2/c1-6(2)4-3-5(7)8/h3-4H,1-2H3,(H,7,8)/b4-3-. The second-order valence-corrected chi connectivity index (χ2v) is 1.62. The fraction of sp³-hybridized carbons (Fsp3) is 0.400. The van der Waals surface area contributed by atoms with E-state index in [1.807, 2.05) is 0 Å². The number of carboxylic acid groups (broad SMARTS) is 1. The third-order valence-corrected chi connectivity index (χ3v) is 0.515. The molecule has 0 aliphatic carbocycles. The summed E-state index contributed by atoms with van der Waals surface area (Å²) >= 11 is 0. The van der Waals surface area contributed by atoms with Gasteiger partial charge in [0.05, 0.1) is 0 Å². The molecule has 0 aromatic rings. The molecule has 46 valence electrons. The lowest BCUT2D eigenvalue weighted by Crippen LogP contribution is -2.01. The van der Waals surface area contributed by atoms with Crippen molar-refractivity contribution in [2.24, 2.45) is 0 Å². The van der Waals surface area contributed by atoms with Gasteiger partial charge in [0.2, 0.25) is 0 Å². The highest BCUT2D eigenvalue weighted by Gasteiger charge is 1.82. The maximum atomic E-state index is 9.79. The summed E-state index contributed by atoms with van der Waals surface area (Å²) in [5, 5.41) is 8.05. The average molecular weight is 115 g/mol. The van der Waals surface area contributed by atoms with Crippen LogP contribution in [0.25, 0.3) is 0 Å². The molecule has 0 bridgehead atoms. The molecule has 0 rings (SSSR count). The zero-order chi connectivity index (χ0) is 6.57. The number of rotatable bonds is 2. The second kappa shape index (κ2) is 3.07. The van der Waals surface area contributed by atoms with Crippen molar-refractivity contribution in [2.75, 3.05) is 14.1 Å². The first-order chi connectivity index (χ1) is 3.63. The van der Waals surface area contributed by atoms with Crippen LogP contribution in [0.15, 0.2) is 12.3 Å². The summed E-state index contributed by atoms with van der Waals surface area (Å²) in [6, 6.07) is 0. The molecule has 0 aromatic heterocycles. The van der Waals surface area contributed by atoms with E-state index in [2.05, 4.69) is 0 Å². The Morgan fingerprint density at radius 1 is 1.62 bits per heavy atom. The van der Waals surface area contributed by atoms with Crippen LogP contribution < -0.4 is 0 Å². The van der Waals surface area contributed by atoms with E-state index in [-0.39, 0.29) is 0 Å². The van der Waals surface area contributed by atoms with Gasteiger partial charge in [-0.15, -0.1) is 0 Å². The van der Waals surface area contributed by atoms with Crippen LogP contribution >= 0.6 is 0 Å². The van der Waals surface area contributed by atoms with Crippen LogP contribution in [0.5, 0.6) is 0 Å². The first kappa shape index (κ1) is 7.01. The van der Waals surface area contributed by atoms with Gasteiger partial charge in [-0.05, 0) is 0 Å². The Hall–Kier alpha value is -0.990. The number of carbonyl (C=O) groups is 1. The molecule has 0 aliphatic rings. The highest BCUT2D eigenvalue weighted by molar-refractivity contribution is 5.79. The van der Waals surface area contributed by atoms with Gasteiger partial charge < -0.3 is 10.0 Å². The first-order valence-corrected chi connectivity index (χ1v) is 2.20. The summed E-state index contributed by atoms with van der Waals surface area (Å²) in [6.07, 6.45) is 2.56. The number of aliphatic carboxylic acids is 1. The SMILES string of the molecule is CN(C)/C=C\C(=O)O. The average Bonchev–Trinajstić information content (AvgIpc) is 1.61. The molecule has 0 saturated carbocycles. The van der Waals surface area contributed by atoms with Gasteiger partial charge in [-0.3, -0.25) is 0 Å². The topological polar surface area (TPSA) is 40.5 Å². The molecule has 0 aliphatic heterocycles. The van der Waals surface area contributed by atoms with E-state index < -0.39 is 5.97 Å². The Labute approximate surface area is 48.2 Å². The van der Waals surface area contributed by atoms with E-state index >= 15 is 0 Å². The molecule has 0 saturated heterocycles. The minimum Gasteiger partial charge on any atom is -0.478 e. The van der Waals surface area contributed by atoms with E-state index in [4.69, 9.17) is 5.11 Å². The summed E-state index contributed by atoms with van der Waals surface area (Å²) in [4.78, 5) is 11.5. The molecular formula is C5H9NO2. The Morgan fingerprint density at radius 3 is 2.25 bits per heavy atom. The van der Waals surface area contributed by atoms with Gasteiger partial charge in [0.25, 0.3) is 0 Å². The zero-order valence-corrected chi connectivity index (χ0v) is 4.96. The summed E-state index contributed by atoms with van der Waals surface area (Å²) in [5.41, 5.74) is 0. The Morgan fingerprint density at radius 2 is 2.12 bits per heavy atom. The molecule has 0 unspecified atom stereocenters. The van der Waals surface area contributed by atoms with Gasteiger partial charge in [0.15, 0.2) is 0 Å². The van der Waals surface area contributed by atoms with Crippen molar-refractivity contribution < 1.29 is 9.90 Å². The molecule has 3 nitrogen and oxygen atoms in total. The summed E-state index contributed by atoms with van der Waals surface area (Å²) < 4.78 is 0. The van der Waals surface area contributed by atoms with Gasteiger partial charge in [-0.25, -0.2) is 4.79 Å². The molecule has 0 amide bonds. The zero-order valence-electron chi connectivity index (χ0n) is 4.96. The van der Waals surface area contributed by atoms with Crippen LogP contribution in [0.2, 0.25) is 0 Å². The molecule has 8 heavy (non-hydrogen) atoms. The number of hydrogen-bond donors (Lipinski definition) is 1.